The van der Waals surface area contributed by atoms with E-state index in [0.29, 0.717) is 48.1 Å². The molecule has 4 aromatic rings. The van der Waals surface area contributed by atoms with Crippen molar-refractivity contribution in [3.63, 3.8) is 0 Å². The number of hydrogen-bond acceptors (Lipinski definition) is 5. The van der Waals surface area contributed by atoms with Crippen molar-refractivity contribution in [2.24, 2.45) is 0 Å². The van der Waals surface area contributed by atoms with Crippen molar-refractivity contribution in [3.8, 4) is 5.88 Å². The third-order valence-electron chi connectivity index (χ3n) is 6.44. The zero-order chi connectivity index (χ0) is 26.9. The number of aryl methyl sites for hydroxylation is 1. The number of carbonyl (C=O) groups is 1. The van der Waals surface area contributed by atoms with Crippen LogP contribution in [0.2, 0.25) is 5.02 Å². The number of imidazole rings is 1. The third-order valence-corrected chi connectivity index (χ3v) is 6.67. The highest BCUT2D eigenvalue weighted by Crippen LogP contribution is 2.24. The van der Waals surface area contributed by atoms with Gasteiger partial charge in [-0.15, -0.1) is 13.2 Å². The molecule has 38 heavy (non-hydrogen) atoms. The van der Waals surface area contributed by atoms with Gasteiger partial charge in [-0.2, -0.15) is 0 Å². The molecule has 198 valence electrons. The molecule has 1 aliphatic heterocycles. The molecule has 0 fully saturated rings. The first kappa shape index (κ1) is 26.0. The minimum atomic E-state index is -4.76. The van der Waals surface area contributed by atoms with Gasteiger partial charge in [0.15, 0.2) is 0 Å². The van der Waals surface area contributed by atoms with Crippen LogP contribution in [0.3, 0.4) is 0 Å². The number of fused-ring (bicyclic) bond motifs is 2. The van der Waals surface area contributed by atoms with Crippen molar-refractivity contribution in [3.05, 3.63) is 93.5 Å². The number of ether oxygens (including phenoxy) is 1. The molecule has 7 nitrogen and oxygen atoms in total. The van der Waals surface area contributed by atoms with Gasteiger partial charge in [-0.1, -0.05) is 42.8 Å². The van der Waals surface area contributed by atoms with Crippen molar-refractivity contribution in [2.45, 2.75) is 45.8 Å². The normalized spacial score (nSPS) is 13.9. The number of carbonyl (C=O) groups excluding carboxylic acids is 1. The second-order valence-electron chi connectivity index (χ2n) is 9.14. The van der Waals surface area contributed by atoms with E-state index in [-0.39, 0.29) is 5.91 Å². The fourth-order valence-corrected chi connectivity index (χ4v) is 4.84. The summed E-state index contributed by atoms with van der Waals surface area (Å²) in [5.41, 5.74) is 6.03. The second kappa shape index (κ2) is 10.6. The number of aromatic nitrogens is 3. The van der Waals surface area contributed by atoms with E-state index in [4.69, 9.17) is 11.6 Å². The van der Waals surface area contributed by atoms with E-state index in [0.717, 1.165) is 29.7 Å². The number of pyridine rings is 2. The molecule has 5 rings (SSSR count). The number of rotatable bonds is 7. The van der Waals surface area contributed by atoms with Crippen LogP contribution >= 0.6 is 11.6 Å². The molecule has 0 saturated heterocycles. The van der Waals surface area contributed by atoms with E-state index in [1.807, 2.05) is 13.0 Å². The molecule has 1 amide bonds. The molecular formula is C27H25ClF3N5O2. The van der Waals surface area contributed by atoms with Crippen molar-refractivity contribution < 1.29 is 22.7 Å². The van der Waals surface area contributed by atoms with E-state index in [2.05, 4.69) is 37.1 Å². The van der Waals surface area contributed by atoms with Crippen LogP contribution in [0, 0.1) is 0 Å². The monoisotopic (exact) mass is 543 g/mol. The molecule has 0 atom stereocenters. The average Bonchev–Trinajstić information content (AvgIpc) is 3.25. The molecule has 1 aliphatic rings. The summed E-state index contributed by atoms with van der Waals surface area (Å²) in [6, 6.07) is 12.5. The van der Waals surface area contributed by atoms with Gasteiger partial charge in [-0.05, 0) is 47.2 Å². The maximum atomic E-state index is 13.1. The third kappa shape index (κ3) is 5.92. The molecule has 0 saturated carbocycles. The molecule has 0 unspecified atom stereocenters. The number of nitrogens with one attached hydrogen (secondary N) is 1. The van der Waals surface area contributed by atoms with Gasteiger partial charge in [-0.3, -0.25) is 14.1 Å². The standard InChI is InChI=1S/C27H25ClF3N5O2/c1-2-22-25(36-16-21(28)6-7-23(36)34-22)26(37)33-12-17-3-5-19-9-10-35(15-20(19)11-17)14-18-4-8-24(32-13-18)38-27(29,30)31/h3-8,11,13,16H,2,9-10,12,14-15H2,1H3,(H,33,37). The van der Waals surface area contributed by atoms with E-state index < -0.39 is 12.2 Å². The van der Waals surface area contributed by atoms with Crippen molar-refractivity contribution in [1.82, 2.24) is 24.6 Å². The number of halogens is 4. The van der Waals surface area contributed by atoms with Gasteiger partial charge in [0.2, 0.25) is 5.88 Å². The Morgan fingerprint density at radius 1 is 1.13 bits per heavy atom. The zero-order valence-electron chi connectivity index (χ0n) is 20.6. The first-order valence-corrected chi connectivity index (χ1v) is 12.5. The topological polar surface area (TPSA) is 71.8 Å². The minimum Gasteiger partial charge on any atom is -0.388 e. The Morgan fingerprint density at radius 3 is 2.68 bits per heavy atom. The lowest BCUT2D eigenvalue weighted by Gasteiger charge is -2.29. The predicted octanol–water partition coefficient (Wildman–Crippen LogP) is 5.33. The minimum absolute atomic E-state index is 0.221. The highest BCUT2D eigenvalue weighted by Gasteiger charge is 2.31. The van der Waals surface area contributed by atoms with Gasteiger partial charge in [-0.25, -0.2) is 9.97 Å². The summed E-state index contributed by atoms with van der Waals surface area (Å²) in [4.78, 5) is 23.6. The van der Waals surface area contributed by atoms with Crippen LogP contribution in [0.5, 0.6) is 5.88 Å². The maximum absolute atomic E-state index is 13.1. The fraction of sp³-hybridized carbons (Fsp3) is 0.296. The van der Waals surface area contributed by atoms with Gasteiger partial charge in [0.25, 0.3) is 5.91 Å². The summed E-state index contributed by atoms with van der Waals surface area (Å²) in [5, 5.41) is 3.53. The first-order valence-electron chi connectivity index (χ1n) is 12.2. The Kier molecular flexibility index (Phi) is 7.27. The molecule has 0 aliphatic carbocycles. The molecule has 0 radical (unpaired) electrons. The predicted molar refractivity (Wildman–Crippen MR) is 136 cm³/mol. The van der Waals surface area contributed by atoms with Crippen LogP contribution in [-0.2, 0) is 32.5 Å². The number of hydrogen-bond donors (Lipinski definition) is 1. The number of amides is 1. The highest BCUT2D eigenvalue weighted by molar-refractivity contribution is 6.30. The van der Waals surface area contributed by atoms with E-state index >= 15 is 0 Å². The number of alkyl halides is 3. The van der Waals surface area contributed by atoms with E-state index in [1.165, 1.54) is 17.8 Å². The van der Waals surface area contributed by atoms with Gasteiger partial charge >= 0.3 is 6.36 Å². The summed E-state index contributed by atoms with van der Waals surface area (Å²) in [6.07, 6.45) is -0.198. The summed E-state index contributed by atoms with van der Waals surface area (Å²) in [7, 11) is 0. The maximum Gasteiger partial charge on any atom is 0.574 e. The molecule has 1 aromatic carbocycles. The highest BCUT2D eigenvalue weighted by atomic mass is 35.5. The SMILES string of the molecule is CCc1nc2ccc(Cl)cn2c1C(=O)NCc1ccc2c(c1)CN(Cc1ccc(OC(F)(F)F)nc1)CC2. The van der Waals surface area contributed by atoms with Crippen molar-refractivity contribution >= 4 is 23.2 Å². The molecule has 1 N–H and O–H groups in total. The Hall–Kier alpha value is -3.63. The lowest BCUT2D eigenvalue weighted by atomic mass is 9.97. The molecule has 0 bridgehead atoms. The van der Waals surface area contributed by atoms with Crippen LogP contribution in [-0.4, -0.2) is 38.1 Å². The largest absolute Gasteiger partial charge is 0.574 e. The Morgan fingerprint density at radius 2 is 1.95 bits per heavy atom. The fourth-order valence-electron chi connectivity index (χ4n) is 4.68. The van der Waals surface area contributed by atoms with Crippen LogP contribution in [0.25, 0.3) is 5.65 Å². The first-order chi connectivity index (χ1) is 18.2. The summed E-state index contributed by atoms with van der Waals surface area (Å²) in [6.45, 7) is 4.37. The second-order valence-corrected chi connectivity index (χ2v) is 9.57. The number of benzene rings is 1. The van der Waals surface area contributed by atoms with Crippen LogP contribution < -0.4 is 10.1 Å². The Bertz CT molecular complexity index is 1470. The van der Waals surface area contributed by atoms with Gasteiger partial charge in [0.1, 0.15) is 11.3 Å². The average molecular weight is 544 g/mol. The van der Waals surface area contributed by atoms with Crippen LogP contribution in [0.15, 0.2) is 54.9 Å². The van der Waals surface area contributed by atoms with Crippen molar-refractivity contribution in [2.75, 3.05) is 6.54 Å². The molecule has 0 spiro atoms. The Balaban J connectivity index is 1.24. The number of nitrogens with zero attached hydrogens (tertiary/aromatic N) is 4. The van der Waals surface area contributed by atoms with Gasteiger partial charge in [0, 0.05) is 44.6 Å². The van der Waals surface area contributed by atoms with Gasteiger partial charge in [0.05, 0.1) is 10.7 Å². The molecule has 3 aromatic heterocycles. The van der Waals surface area contributed by atoms with Crippen LogP contribution in [0.1, 0.15) is 45.4 Å². The lowest BCUT2D eigenvalue weighted by molar-refractivity contribution is -0.276. The van der Waals surface area contributed by atoms with Gasteiger partial charge < -0.3 is 10.1 Å². The molecule has 4 heterocycles. The van der Waals surface area contributed by atoms with Crippen molar-refractivity contribution in [1.29, 1.82) is 0 Å². The summed E-state index contributed by atoms with van der Waals surface area (Å²) >= 11 is 6.15. The van der Waals surface area contributed by atoms with E-state index in [9.17, 15) is 18.0 Å². The summed E-state index contributed by atoms with van der Waals surface area (Å²) in [5.74, 6) is -0.698. The smallest absolute Gasteiger partial charge is 0.388 e. The molecule has 11 heteroatoms. The summed E-state index contributed by atoms with van der Waals surface area (Å²) < 4.78 is 42.7. The quantitative estimate of drug-likeness (QED) is 0.341. The van der Waals surface area contributed by atoms with Crippen LogP contribution in [0.4, 0.5) is 13.2 Å². The van der Waals surface area contributed by atoms with E-state index in [1.54, 1.807) is 28.8 Å². The lowest BCUT2D eigenvalue weighted by Crippen LogP contribution is -2.30. The molecular weight excluding hydrogens is 519 g/mol. The zero-order valence-corrected chi connectivity index (χ0v) is 21.3. The Labute approximate surface area is 222 Å².